The number of aryl methyl sites for hydroxylation is 1. The van der Waals surface area contributed by atoms with Crippen molar-refractivity contribution in [1.82, 2.24) is 0 Å². The van der Waals surface area contributed by atoms with Gasteiger partial charge in [-0.25, -0.2) is 4.79 Å². The standard InChI is InChI=1S/C28H28O4/c1-4-16-30-25-18-23(27(31-17-5-2)22-14-8-10-19(3)26(22)25)28(29)32-24-15-9-12-20-11-6-7-13-21(20)24/h6-15,18H,4-5,16-17H2,1-3H3. The smallest absolute Gasteiger partial charge is 0.347 e. The van der Waals surface area contributed by atoms with Crippen molar-refractivity contribution >= 4 is 27.5 Å². The molecule has 0 bridgehead atoms. The summed E-state index contributed by atoms with van der Waals surface area (Å²) in [5, 5.41) is 3.73. The number of hydrogen-bond acceptors (Lipinski definition) is 4. The normalized spacial score (nSPS) is 11.0. The van der Waals surface area contributed by atoms with Crippen molar-refractivity contribution in [3.63, 3.8) is 0 Å². The molecule has 0 spiro atoms. The van der Waals surface area contributed by atoms with Gasteiger partial charge in [-0.3, -0.25) is 0 Å². The number of carbonyl (C=O) groups is 1. The zero-order valence-electron chi connectivity index (χ0n) is 18.8. The molecule has 4 heteroatoms. The van der Waals surface area contributed by atoms with Crippen molar-refractivity contribution in [2.45, 2.75) is 33.6 Å². The molecule has 4 aromatic rings. The van der Waals surface area contributed by atoms with E-state index in [9.17, 15) is 4.79 Å². The summed E-state index contributed by atoms with van der Waals surface area (Å²) in [4.78, 5) is 13.4. The third-order valence-electron chi connectivity index (χ3n) is 5.37. The highest BCUT2D eigenvalue weighted by Crippen LogP contribution is 2.40. The fourth-order valence-electron chi connectivity index (χ4n) is 3.87. The van der Waals surface area contributed by atoms with Crippen molar-refractivity contribution in [1.29, 1.82) is 0 Å². The Morgan fingerprint density at radius 2 is 1.47 bits per heavy atom. The van der Waals surface area contributed by atoms with Gasteiger partial charge in [0.25, 0.3) is 0 Å². The van der Waals surface area contributed by atoms with Gasteiger partial charge >= 0.3 is 5.97 Å². The lowest BCUT2D eigenvalue weighted by Gasteiger charge is -2.18. The zero-order valence-corrected chi connectivity index (χ0v) is 18.8. The van der Waals surface area contributed by atoms with Crippen molar-refractivity contribution in [3.05, 3.63) is 77.9 Å². The van der Waals surface area contributed by atoms with Crippen LogP contribution in [0, 0.1) is 6.92 Å². The van der Waals surface area contributed by atoms with E-state index in [0.717, 1.165) is 39.9 Å². The molecular weight excluding hydrogens is 400 g/mol. The second-order valence-corrected chi connectivity index (χ2v) is 7.81. The number of esters is 1. The minimum Gasteiger partial charge on any atom is -0.493 e. The molecule has 0 fully saturated rings. The zero-order chi connectivity index (χ0) is 22.5. The number of carbonyl (C=O) groups excluding carboxylic acids is 1. The van der Waals surface area contributed by atoms with Crippen LogP contribution in [0.25, 0.3) is 21.5 Å². The van der Waals surface area contributed by atoms with E-state index in [1.165, 1.54) is 0 Å². The van der Waals surface area contributed by atoms with E-state index in [-0.39, 0.29) is 0 Å². The van der Waals surface area contributed by atoms with E-state index in [0.29, 0.717) is 36.0 Å². The highest BCUT2D eigenvalue weighted by Gasteiger charge is 2.23. The highest BCUT2D eigenvalue weighted by molar-refractivity contribution is 6.06. The molecule has 0 saturated heterocycles. The van der Waals surface area contributed by atoms with Crippen LogP contribution >= 0.6 is 0 Å². The van der Waals surface area contributed by atoms with E-state index >= 15 is 0 Å². The molecule has 0 atom stereocenters. The van der Waals surface area contributed by atoms with Gasteiger partial charge in [0.15, 0.2) is 0 Å². The molecule has 164 valence electrons. The molecule has 0 aliphatic carbocycles. The molecule has 32 heavy (non-hydrogen) atoms. The van der Waals surface area contributed by atoms with Crippen LogP contribution in [0.1, 0.15) is 42.6 Å². The number of rotatable bonds is 8. The van der Waals surface area contributed by atoms with Gasteiger partial charge in [-0.05, 0) is 42.8 Å². The van der Waals surface area contributed by atoms with Crippen LogP contribution in [0.5, 0.6) is 17.2 Å². The molecule has 0 amide bonds. The highest BCUT2D eigenvalue weighted by atomic mass is 16.5. The summed E-state index contributed by atoms with van der Waals surface area (Å²) in [6.07, 6.45) is 1.70. The van der Waals surface area contributed by atoms with Crippen LogP contribution in [0.15, 0.2) is 66.7 Å². The fourth-order valence-corrected chi connectivity index (χ4v) is 3.87. The molecule has 0 N–H and O–H groups in total. The first-order valence-corrected chi connectivity index (χ1v) is 11.2. The Kier molecular flexibility index (Phi) is 6.60. The fraction of sp³-hybridized carbons (Fsp3) is 0.250. The second-order valence-electron chi connectivity index (χ2n) is 7.81. The first kappa shape index (κ1) is 21.7. The molecule has 0 radical (unpaired) electrons. The van der Waals surface area contributed by atoms with E-state index in [1.807, 2.05) is 74.5 Å². The monoisotopic (exact) mass is 428 g/mol. The summed E-state index contributed by atoms with van der Waals surface area (Å²) in [6.45, 7) is 7.21. The van der Waals surface area contributed by atoms with Gasteiger partial charge in [0.2, 0.25) is 0 Å². The predicted octanol–water partition coefficient (Wildman–Crippen LogP) is 7.10. The maximum atomic E-state index is 13.4. The minimum atomic E-state index is -0.461. The Morgan fingerprint density at radius 3 is 2.28 bits per heavy atom. The molecule has 4 aromatic carbocycles. The Morgan fingerprint density at radius 1 is 0.781 bits per heavy atom. The lowest BCUT2D eigenvalue weighted by atomic mass is 10.00. The maximum absolute atomic E-state index is 13.4. The van der Waals surface area contributed by atoms with Gasteiger partial charge in [-0.1, -0.05) is 68.4 Å². The lowest BCUT2D eigenvalue weighted by Crippen LogP contribution is -2.13. The Hall–Kier alpha value is -3.53. The molecular formula is C28H28O4. The van der Waals surface area contributed by atoms with Crippen LogP contribution in [0.4, 0.5) is 0 Å². The van der Waals surface area contributed by atoms with E-state index in [2.05, 4.69) is 6.92 Å². The van der Waals surface area contributed by atoms with E-state index in [1.54, 1.807) is 6.07 Å². The van der Waals surface area contributed by atoms with E-state index < -0.39 is 5.97 Å². The summed E-state index contributed by atoms with van der Waals surface area (Å²) >= 11 is 0. The Labute approximate surface area is 188 Å². The summed E-state index contributed by atoms with van der Waals surface area (Å²) < 4.78 is 18.1. The molecule has 0 aromatic heterocycles. The van der Waals surface area contributed by atoms with Gasteiger partial charge in [-0.15, -0.1) is 0 Å². The lowest BCUT2D eigenvalue weighted by molar-refractivity contribution is 0.0732. The maximum Gasteiger partial charge on any atom is 0.347 e. The molecule has 0 unspecified atom stereocenters. The second kappa shape index (κ2) is 9.73. The van der Waals surface area contributed by atoms with Crippen molar-refractivity contribution in [2.24, 2.45) is 0 Å². The van der Waals surface area contributed by atoms with Crippen LogP contribution in [0.2, 0.25) is 0 Å². The predicted molar refractivity (Wildman–Crippen MR) is 129 cm³/mol. The van der Waals surface area contributed by atoms with Gasteiger partial charge < -0.3 is 14.2 Å². The number of hydrogen-bond donors (Lipinski definition) is 0. The molecule has 0 saturated carbocycles. The molecule has 0 aliphatic heterocycles. The Balaban J connectivity index is 1.84. The minimum absolute atomic E-state index is 0.371. The van der Waals surface area contributed by atoms with Crippen LogP contribution in [-0.2, 0) is 0 Å². The average molecular weight is 429 g/mol. The topological polar surface area (TPSA) is 44.8 Å². The SMILES string of the molecule is CCCOc1c(C(=O)Oc2cccc3ccccc23)cc(OCCC)c2c(C)cccc12. The first-order valence-electron chi connectivity index (χ1n) is 11.2. The van der Waals surface area contributed by atoms with Crippen LogP contribution < -0.4 is 14.2 Å². The van der Waals surface area contributed by atoms with Gasteiger partial charge in [-0.2, -0.15) is 0 Å². The summed E-state index contributed by atoms with van der Waals surface area (Å²) in [5.41, 5.74) is 1.44. The quantitative estimate of drug-likeness (QED) is 0.222. The summed E-state index contributed by atoms with van der Waals surface area (Å²) in [5.74, 6) is 1.28. The number of fused-ring (bicyclic) bond motifs is 2. The largest absolute Gasteiger partial charge is 0.493 e. The summed E-state index contributed by atoms with van der Waals surface area (Å²) in [6, 6.07) is 21.3. The van der Waals surface area contributed by atoms with Crippen LogP contribution in [-0.4, -0.2) is 19.2 Å². The first-order chi connectivity index (χ1) is 15.6. The third-order valence-corrected chi connectivity index (χ3v) is 5.37. The third kappa shape index (κ3) is 4.26. The average Bonchev–Trinajstić information content (AvgIpc) is 2.81. The Bertz CT molecular complexity index is 1250. The van der Waals surface area contributed by atoms with Gasteiger partial charge in [0.1, 0.15) is 22.8 Å². The summed E-state index contributed by atoms with van der Waals surface area (Å²) in [7, 11) is 0. The van der Waals surface area contributed by atoms with E-state index in [4.69, 9.17) is 14.2 Å². The van der Waals surface area contributed by atoms with Gasteiger partial charge in [0, 0.05) is 16.2 Å². The molecule has 0 heterocycles. The molecule has 4 rings (SSSR count). The number of ether oxygens (including phenoxy) is 3. The molecule has 4 nitrogen and oxygen atoms in total. The van der Waals surface area contributed by atoms with Gasteiger partial charge in [0.05, 0.1) is 13.2 Å². The van der Waals surface area contributed by atoms with Crippen molar-refractivity contribution < 1.29 is 19.0 Å². The molecule has 0 aliphatic rings. The van der Waals surface area contributed by atoms with Crippen molar-refractivity contribution in [2.75, 3.05) is 13.2 Å². The van der Waals surface area contributed by atoms with Crippen molar-refractivity contribution in [3.8, 4) is 17.2 Å². The van der Waals surface area contributed by atoms with Crippen LogP contribution in [0.3, 0.4) is 0 Å². The number of benzene rings is 4.